The first-order valence-electron chi connectivity index (χ1n) is 8.78. The molecule has 5 heteroatoms. The highest BCUT2D eigenvalue weighted by atomic mass is 16.5. The molecular formula is C21H26N2O3. The van der Waals surface area contributed by atoms with Gasteiger partial charge in [0.1, 0.15) is 11.4 Å². The summed E-state index contributed by atoms with van der Waals surface area (Å²) in [6.45, 7) is 8.15. The van der Waals surface area contributed by atoms with Crippen LogP contribution in [0.2, 0.25) is 0 Å². The van der Waals surface area contributed by atoms with Gasteiger partial charge in [-0.1, -0.05) is 45.9 Å². The number of rotatable bonds is 7. The van der Waals surface area contributed by atoms with E-state index < -0.39 is 0 Å². The lowest BCUT2D eigenvalue weighted by atomic mass is 9.87. The Morgan fingerprint density at radius 3 is 2.42 bits per heavy atom. The van der Waals surface area contributed by atoms with Crippen LogP contribution < -0.4 is 10.1 Å². The number of benzene rings is 1. The molecule has 2 aromatic rings. The Morgan fingerprint density at radius 2 is 1.81 bits per heavy atom. The molecule has 2 rings (SSSR count). The molecule has 1 aromatic carbocycles. The SMILES string of the molecule is CCc1cccnc1C(=O)CNC(=O)COc1ccc(C(C)(C)C)cc1. The van der Waals surface area contributed by atoms with Gasteiger partial charge in [-0.15, -0.1) is 0 Å². The molecule has 0 saturated carbocycles. The second-order valence-electron chi connectivity index (χ2n) is 7.13. The first-order valence-corrected chi connectivity index (χ1v) is 8.78. The second-order valence-corrected chi connectivity index (χ2v) is 7.13. The summed E-state index contributed by atoms with van der Waals surface area (Å²) in [6, 6.07) is 11.3. The van der Waals surface area contributed by atoms with E-state index in [1.807, 2.05) is 37.3 Å². The van der Waals surface area contributed by atoms with Gasteiger partial charge in [-0.2, -0.15) is 0 Å². The van der Waals surface area contributed by atoms with Crippen molar-refractivity contribution in [2.24, 2.45) is 0 Å². The van der Waals surface area contributed by atoms with Crippen molar-refractivity contribution < 1.29 is 14.3 Å². The van der Waals surface area contributed by atoms with Crippen LogP contribution in [-0.2, 0) is 16.6 Å². The number of ether oxygens (including phenoxy) is 1. The number of aromatic nitrogens is 1. The zero-order valence-corrected chi connectivity index (χ0v) is 15.8. The van der Waals surface area contributed by atoms with Crippen molar-refractivity contribution in [3.63, 3.8) is 0 Å². The maximum Gasteiger partial charge on any atom is 0.258 e. The van der Waals surface area contributed by atoms with Crippen LogP contribution in [0.1, 0.15) is 49.3 Å². The summed E-state index contributed by atoms with van der Waals surface area (Å²) in [5.74, 6) is 0.0787. The number of nitrogens with zero attached hydrogens (tertiary/aromatic N) is 1. The fourth-order valence-electron chi connectivity index (χ4n) is 2.49. The van der Waals surface area contributed by atoms with Crippen molar-refractivity contribution in [1.82, 2.24) is 10.3 Å². The van der Waals surface area contributed by atoms with Crippen molar-refractivity contribution in [2.45, 2.75) is 39.5 Å². The minimum atomic E-state index is -0.341. The van der Waals surface area contributed by atoms with Crippen molar-refractivity contribution in [2.75, 3.05) is 13.2 Å². The monoisotopic (exact) mass is 354 g/mol. The molecule has 1 amide bonds. The Hall–Kier alpha value is -2.69. The predicted octanol–water partition coefficient (Wildman–Crippen LogP) is 3.32. The van der Waals surface area contributed by atoms with E-state index in [1.54, 1.807) is 12.3 Å². The Bertz CT molecular complexity index is 762. The molecule has 0 fully saturated rings. The maximum atomic E-state index is 12.2. The Balaban J connectivity index is 1.83. The first kappa shape index (κ1) is 19.6. The van der Waals surface area contributed by atoms with Crippen LogP contribution >= 0.6 is 0 Å². The number of pyridine rings is 1. The number of Topliss-reactive ketones (excluding diaryl/α,β-unsaturated/α-hetero) is 1. The van der Waals surface area contributed by atoms with Crippen LogP contribution in [0.25, 0.3) is 0 Å². The zero-order valence-electron chi connectivity index (χ0n) is 15.8. The van der Waals surface area contributed by atoms with E-state index >= 15 is 0 Å². The molecule has 0 aliphatic heterocycles. The van der Waals surface area contributed by atoms with E-state index in [0.717, 1.165) is 12.0 Å². The standard InChI is InChI=1S/C21H26N2O3/c1-5-15-7-6-12-22-20(15)18(24)13-23-19(25)14-26-17-10-8-16(9-11-17)21(2,3)4/h6-12H,5,13-14H2,1-4H3,(H,23,25). The molecule has 1 heterocycles. The zero-order chi connectivity index (χ0) is 19.2. The topological polar surface area (TPSA) is 68.3 Å². The fourth-order valence-corrected chi connectivity index (χ4v) is 2.49. The molecule has 0 bridgehead atoms. The van der Waals surface area contributed by atoms with E-state index in [-0.39, 0.29) is 30.3 Å². The lowest BCUT2D eigenvalue weighted by Gasteiger charge is -2.19. The van der Waals surface area contributed by atoms with E-state index in [4.69, 9.17) is 4.74 Å². The van der Waals surface area contributed by atoms with E-state index in [2.05, 4.69) is 31.1 Å². The number of hydrogen-bond acceptors (Lipinski definition) is 4. The lowest BCUT2D eigenvalue weighted by molar-refractivity contribution is -0.122. The Morgan fingerprint density at radius 1 is 1.12 bits per heavy atom. The number of hydrogen-bond donors (Lipinski definition) is 1. The number of carbonyl (C=O) groups is 2. The summed E-state index contributed by atoms with van der Waals surface area (Å²) in [5, 5.41) is 2.58. The molecule has 138 valence electrons. The Kier molecular flexibility index (Phi) is 6.50. The summed E-state index contributed by atoms with van der Waals surface area (Å²) in [6.07, 6.45) is 2.30. The third-order valence-corrected chi connectivity index (χ3v) is 4.07. The summed E-state index contributed by atoms with van der Waals surface area (Å²) in [4.78, 5) is 28.3. The highest BCUT2D eigenvalue weighted by molar-refractivity contribution is 5.99. The number of aryl methyl sites for hydroxylation is 1. The molecule has 0 saturated heterocycles. The molecule has 0 unspecified atom stereocenters. The van der Waals surface area contributed by atoms with Gasteiger partial charge in [0, 0.05) is 6.20 Å². The van der Waals surface area contributed by atoms with Gasteiger partial charge in [0.15, 0.2) is 6.61 Å². The van der Waals surface area contributed by atoms with Gasteiger partial charge < -0.3 is 10.1 Å². The van der Waals surface area contributed by atoms with Gasteiger partial charge in [0.2, 0.25) is 5.78 Å². The summed E-state index contributed by atoms with van der Waals surface area (Å²) < 4.78 is 5.48. The van der Waals surface area contributed by atoms with Gasteiger partial charge in [-0.25, -0.2) is 0 Å². The van der Waals surface area contributed by atoms with Crippen LogP contribution in [0.15, 0.2) is 42.6 Å². The highest BCUT2D eigenvalue weighted by Gasteiger charge is 2.14. The van der Waals surface area contributed by atoms with Crippen LogP contribution in [0, 0.1) is 0 Å². The fraction of sp³-hybridized carbons (Fsp3) is 0.381. The molecule has 0 spiro atoms. The Labute approximate surface area is 154 Å². The molecule has 26 heavy (non-hydrogen) atoms. The van der Waals surface area contributed by atoms with Crippen molar-refractivity contribution in [3.05, 3.63) is 59.4 Å². The highest BCUT2D eigenvalue weighted by Crippen LogP contribution is 2.24. The second kappa shape index (κ2) is 8.61. The average molecular weight is 354 g/mol. The maximum absolute atomic E-state index is 12.2. The van der Waals surface area contributed by atoms with Gasteiger partial charge in [0.25, 0.3) is 5.91 Å². The molecule has 0 radical (unpaired) electrons. The van der Waals surface area contributed by atoms with E-state index in [0.29, 0.717) is 11.4 Å². The third kappa shape index (κ3) is 5.41. The van der Waals surface area contributed by atoms with Crippen molar-refractivity contribution >= 4 is 11.7 Å². The molecule has 0 aliphatic rings. The molecule has 1 N–H and O–H groups in total. The van der Waals surface area contributed by atoms with E-state index in [1.165, 1.54) is 5.56 Å². The molecule has 0 atom stereocenters. The number of amides is 1. The predicted molar refractivity (Wildman–Crippen MR) is 102 cm³/mol. The summed E-state index contributed by atoms with van der Waals surface area (Å²) in [5.41, 5.74) is 2.55. The van der Waals surface area contributed by atoms with Gasteiger partial charge in [-0.05, 0) is 41.2 Å². The first-order chi connectivity index (χ1) is 12.3. The third-order valence-electron chi connectivity index (χ3n) is 4.07. The largest absolute Gasteiger partial charge is 0.484 e. The molecule has 5 nitrogen and oxygen atoms in total. The summed E-state index contributed by atoms with van der Waals surface area (Å²) >= 11 is 0. The lowest BCUT2D eigenvalue weighted by Crippen LogP contribution is -2.34. The number of nitrogens with one attached hydrogen (secondary N) is 1. The van der Waals surface area contributed by atoms with Crippen LogP contribution in [-0.4, -0.2) is 29.8 Å². The van der Waals surface area contributed by atoms with Crippen molar-refractivity contribution in [1.29, 1.82) is 0 Å². The van der Waals surface area contributed by atoms with Gasteiger partial charge in [-0.3, -0.25) is 14.6 Å². The normalized spacial score (nSPS) is 11.1. The minimum Gasteiger partial charge on any atom is -0.484 e. The number of carbonyl (C=O) groups excluding carboxylic acids is 2. The smallest absolute Gasteiger partial charge is 0.258 e. The number of ketones is 1. The van der Waals surface area contributed by atoms with Crippen molar-refractivity contribution in [3.8, 4) is 5.75 Å². The molecular weight excluding hydrogens is 328 g/mol. The molecule has 0 aliphatic carbocycles. The van der Waals surface area contributed by atoms with Crippen LogP contribution in [0.4, 0.5) is 0 Å². The van der Waals surface area contributed by atoms with Gasteiger partial charge >= 0.3 is 0 Å². The quantitative estimate of drug-likeness (QED) is 0.775. The molecule has 1 aromatic heterocycles. The summed E-state index contributed by atoms with van der Waals surface area (Å²) in [7, 11) is 0. The average Bonchev–Trinajstić information content (AvgIpc) is 2.64. The van der Waals surface area contributed by atoms with Gasteiger partial charge in [0.05, 0.1) is 6.54 Å². The van der Waals surface area contributed by atoms with E-state index in [9.17, 15) is 9.59 Å². The van der Waals surface area contributed by atoms with Crippen LogP contribution in [0.5, 0.6) is 5.75 Å². The minimum absolute atomic E-state index is 0.0685. The van der Waals surface area contributed by atoms with Crippen LogP contribution in [0.3, 0.4) is 0 Å².